The number of aliphatic hydroxyl groups excluding tert-OH is 1. The van der Waals surface area contributed by atoms with E-state index in [0.717, 1.165) is 24.2 Å². The molecule has 40 heavy (non-hydrogen) atoms. The zero-order valence-electron chi connectivity index (χ0n) is 23.7. The van der Waals surface area contributed by atoms with Gasteiger partial charge in [0.25, 0.3) is 11.7 Å². The van der Waals surface area contributed by atoms with Crippen molar-refractivity contribution >= 4 is 17.4 Å². The van der Waals surface area contributed by atoms with E-state index in [2.05, 4.69) is 18.7 Å². The summed E-state index contributed by atoms with van der Waals surface area (Å²) in [6.45, 7) is 11.1. The number of carbonyl (C=O) groups excluding carboxylic acids is 2. The molecule has 7 nitrogen and oxygen atoms in total. The standard InChI is InChI=1S/C33H38N2O5/c1-5-34(6-2)20-21-35-30(25-12-16-27(17-13-25)39-22-24-10-8-7-9-11-24)29(32(37)33(35)38)31(36)26-14-18-28(19-15-26)40-23(3)4/h7-19,23,30,36H,5-6,20-22H2,1-4H3. The quantitative estimate of drug-likeness (QED) is 0.177. The molecule has 1 amide bonds. The maximum Gasteiger partial charge on any atom is 0.295 e. The lowest BCUT2D eigenvalue weighted by molar-refractivity contribution is -0.140. The van der Waals surface area contributed by atoms with Crippen molar-refractivity contribution in [2.45, 2.75) is 46.4 Å². The van der Waals surface area contributed by atoms with Gasteiger partial charge in [0, 0.05) is 18.7 Å². The summed E-state index contributed by atoms with van der Waals surface area (Å²) in [7, 11) is 0. The number of nitrogens with zero attached hydrogens (tertiary/aromatic N) is 2. The number of ketones is 1. The number of likely N-dealkylation sites (tertiary alicyclic amines) is 1. The topological polar surface area (TPSA) is 79.3 Å². The van der Waals surface area contributed by atoms with Crippen LogP contribution in [0.3, 0.4) is 0 Å². The number of Topliss-reactive ketones (excluding diaryl/α,β-unsaturated/α-hetero) is 1. The van der Waals surface area contributed by atoms with E-state index in [1.165, 1.54) is 0 Å². The molecule has 210 valence electrons. The highest BCUT2D eigenvalue weighted by atomic mass is 16.5. The van der Waals surface area contributed by atoms with Gasteiger partial charge >= 0.3 is 0 Å². The molecular formula is C33H38N2O5. The fourth-order valence-electron chi connectivity index (χ4n) is 4.85. The van der Waals surface area contributed by atoms with Gasteiger partial charge in [-0.2, -0.15) is 0 Å². The zero-order valence-corrected chi connectivity index (χ0v) is 23.7. The first kappa shape index (κ1) is 28.9. The Hall–Kier alpha value is -4.10. The van der Waals surface area contributed by atoms with Crippen molar-refractivity contribution < 1.29 is 24.2 Å². The van der Waals surface area contributed by atoms with Crippen LogP contribution in [0.25, 0.3) is 5.76 Å². The highest BCUT2D eigenvalue weighted by Crippen LogP contribution is 2.40. The largest absolute Gasteiger partial charge is 0.507 e. The van der Waals surface area contributed by atoms with E-state index in [4.69, 9.17) is 9.47 Å². The van der Waals surface area contributed by atoms with E-state index < -0.39 is 17.7 Å². The van der Waals surface area contributed by atoms with Crippen LogP contribution in [-0.4, -0.2) is 58.9 Å². The van der Waals surface area contributed by atoms with E-state index in [1.54, 1.807) is 29.2 Å². The van der Waals surface area contributed by atoms with Crippen LogP contribution in [0.15, 0.2) is 84.4 Å². The maximum absolute atomic E-state index is 13.4. The Labute approximate surface area is 236 Å². The molecule has 0 bridgehead atoms. The average Bonchev–Trinajstić information content (AvgIpc) is 3.22. The van der Waals surface area contributed by atoms with Crippen LogP contribution in [0.5, 0.6) is 11.5 Å². The third kappa shape index (κ3) is 6.72. The molecule has 4 rings (SSSR count). The molecule has 1 saturated heterocycles. The summed E-state index contributed by atoms with van der Waals surface area (Å²) in [5.41, 5.74) is 2.32. The number of aliphatic hydroxyl groups is 1. The lowest BCUT2D eigenvalue weighted by Crippen LogP contribution is -2.38. The molecule has 1 unspecified atom stereocenters. The van der Waals surface area contributed by atoms with Crippen LogP contribution in [0.2, 0.25) is 0 Å². The number of carbonyl (C=O) groups is 2. The third-order valence-electron chi connectivity index (χ3n) is 7.04. The fourth-order valence-corrected chi connectivity index (χ4v) is 4.85. The summed E-state index contributed by atoms with van der Waals surface area (Å²) in [5, 5.41) is 11.4. The Bertz CT molecular complexity index is 1310. The number of hydrogen-bond acceptors (Lipinski definition) is 6. The summed E-state index contributed by atoms with van der Waals surface area (Å²) < 4.78 is 11.7. The van der Waals surface area contributed by atoms with E-state index in [1.807, 2.05) is 68.4 Å². The Morgan fingerprint density at radius 3 is 2.12 bits per heavy atom. The molecule has 1 atom stereocenters. The Morgan fingerprint density at radius 2 is 1.52 bits per heavy atom. The second-order valence-electron chi connectivity index (χ2n) is 10.1. The molecule has 7 heteroatoms. The molecular weight excluding hydrogens is 504 g/mol. The third-order valence-corrected chi connectivity index (χ3v) is 7.04. The van der Waals surface area contributed by atoms with E-state index in [9.17, 15) is 14.7 Å². The summed E-state index contributed by atoms with van der Waals surface area (Å²) in [6, 6.07) is 23.5. The van der Waals surface area contributed by atoms with Gasteiger partial charge in [-0.05, 0) is 74.5 Å². The minimum absolute atomic E-state index is 0.00947. The number of hydrogen-bond donors (Lipinski definition) is 1. The second kappa shape index (κ2) is 13.3. The number of amides is 1. The van der Waals surface area contributed by atoms with Crippen LogP contribution in [0.4, 0.5) is 0 Å². The second-order valence-corrected chi connectivity index (χ2v) is 10.1. The van der Waals surface area contributed by atoms with Crippen LogP contribution < -0.4 is 9.47 Å². The molecule has 3 aromatic rings. The molecule has 1 N–H and O–H groups in total. The van der Waals surface area contributed by atoms with Gasteiger partial charge in [-0.3, -0.25) is 9.59 Å². The van der Waals surface area contributed by atoms with Crippen LogP contribution in [0, 0.1) is 0 Å². The first-order chi connectivity index (χ1) is 19.3. The lowest BCUT2D eigenvalue weighted by Gasteiger charge is -2.28. The molecule has 1 heterocycles. The van der Waals surface area contributed by atoms with Crippen molar-refractivity contribution in [1.82, 2.24) is 9.80 Å². The zero-order chi connectivity index (χ0) is 28.6. The minimum atomic E-state index is -0.717. The molecule has 3 aromatic carbocycles. The Morgan fingerprint density at radius 1 is 0.900 bits per heavy atom. The van der Waals surface area contributed by atoms with Gasteiger partial charge in [0.15, 0.2) is 0 Å². The Kier molecular flexibility index (Phi) is 9.61. The monoisotopic (exact) mass is 542 g/mol. The minimum Gasteiger partial charge on any atom is -0.507 e. The normalized spacial score (nSPS) is 16.6. The highest BCUT2D eigenvalue weighted by molar-refractivity contribution is 6.46. The van der Waals surface area contributed by atoms with Gasteiger partial charge in [-0.1, -0.05) is 56.3 Å². The lowest BCUT2D eigenvalue weighted by atomic mass is 9.95. The molecule has 0 radical (unpaired) electrons. The van der Waals surface area contributed by atoms with Crippen LogP contribution in [-0.2, 0) is 16.2 Å². The smallest absolute Gasteiger partial charge is 0.295 e. The molecule has 1 fully saturated rings. The summed E-state index contributed by atoms with van der Waals surface area (Å²) >= 11 is 0. The van der Waals surface area contributed by atoms with Gasteiger partial charge in [0.05, 0.1) is 17.7 Å². The number of benzene rings is 3. The predicted octanol–water partition coefficient (Wildman–Crippen LogP) is 5.82. The summed E-state index contributed by atoms with van der Waals surface area (Å²) in [4.78, 5) is 30.4. The van der Waals surface area contributed by atoms with Crippen molar-refractivity contribution in [3.05, 3.63) is 101 Å². The summed E-state index contributed by atoms with van der Waals surface area (Å²) in [5.74, 6) is -0.159. The molecule has 1 aliphatic rings. The molecule has 0 saturated carbocycles. The molecule has 0 aliphatic carbocycles. The van der Waals surface area contributed by atoms with Crippen LogP contribution in [0.1, 0.15) is 50.4 Å². The summed E-state index contributed by atoms with van der Waals surface area (Å²) in [6.07, 6.45) is 0.00947. The first-order valence-corrected chi connectivity index (χ1v) is 13.9. The van der Waals surface area contributed by atoms with Crippen molar-refractivity contribution in [3.63, 3.8) is 0 Å². The maximum atomic E-state index is 13.4. The first-order valence-electron chi connectivity index (χ1n) is 13.9. The van der Waals surface area contributed by atoms with Crippen molar-refractivity contribution in [1.29, 1.82) is 0 Å². The van der Waals surface area contributed by atoms with Crippen molar-refractivity contribution in [3.8, 4) is 11.5 Å². The number of ether oxygens (including phenoxy) is 2. The van der Waals surface area contributed by atoms with Crippen LogP contribution >= 0.6 is 0 Å². The predicted molar refractivity (Wildman–Crippen MR) is 156 cm³/mol. The van der Waals surface area contributed by atoms with Gasteiger partial charge in [0.1, 0.15) is 23.9 Å². The molecule has 1 aliphatic heterocycles. The highest BCUT2D eigenvalue weighted by Gasteiger charge is 2.46. The van der Waals surface area contributed by atoms with Gasteiger partial charge in [-0.25, -0.2) is 0 Å². The van der Waals surface area contributed by atoms with Gasteiger partial charge in [-0.15, -0.1) is 0 Å². The molecule has 0 spiro atoms. The van der Waals surface area contributed by atoms with Gasteiger partial charge < -0.3 is 24.4 Å². The Balaban J connectivity index is 1.66. The number of likely N-dealkylation sites (N-methyl/N-ethyl adjacent to an activating group) is 1. The fraction of sp³-hybridized carbons (Fsp3) is 0.333. The van der Waals surface area contributed by atoms with E-state index in [0.29, 0.717) is 36.8 Å². The van der Waals surface area contributed by atoms with E-state index in [-0.39, 0.29) is 17.4 Å². The SMILES string of the molecule is CCN(CC)CCN1C(=O)C(=O)C(=C(O)c2ccc(OC(C)C)cc2)C1c1ccc(OCc2ccccc2)cc1. The van der Waals surface area contributed by atoms with Gasteiger partial charge in [0.2, 0.25) is 0 Å². The number of rotatable bonds is 12. The van der Waals surface area contributed by atoms with Crippen molar-refractivity contribution in [2.75, 3.05) is 26.2 Å². The van der Waals surface area contributed by atoms with E-state index >= 15 is 0 Å². The average molecular weight is 543 g/mol. The van der Waals surface area contributed by atoms with Crippen molar-refractivity contribution in [2.24, 2.45) is 0 Å². The molecule has 0 aromatic heterocycles.